The van der Waals surface area contributed by atoms with Crippen LogP contribution < -0.4 is 16.0 Å². The SMILES string of the molecule is CC(C)(C)NC(=O)Nc1ccc(S(=O)(=O)c2ccc(NC(=O)C(C)(O)C(F)(F)F)c(Cl)c2)cc1. The van der Waals surface area contributed by atoms with Crippen LogP contribution in [0.3, 0.4) is 0 Å². The number of rotatable bonds is 5. The molecule has 0 heterocycles. The number of aliphatic hydroxyl groups is 1. The summed E-state index contributed by atoms with van der Waals surface area (Å²) in [5.41, 5.74) is -4.13. The molecule has 0 saturated heterocycles. The van der Waals surface area contributed by atoms with Gasteiger partial charge in [-0.1, -0.05) is 11.6 Å². The third-order valence-electron chi connectivity index (χ3n) is 4.40. The number of sulfone groups is 1. The highest BCUT2D eigenvalue weighted by Crippen LogP contribution is 2.33. The van der Waals surface area contributed by atoms with Crippen molar-refractivity contribution in [1.82, 2.24) is 5.32 Å². The van der Waals surface area contributed by atoms with E-state index in [0.717, 1.165) is 18.2 Å². The van der Waals surface area contributed by atoms with Crippen LogP contribution in [0.25, 0.3) is 0 Å². The maximum atomic E-state index is 12.9. The smallest absolute Gasteiger partial charge is 0.373 e. The van der Waals surface area contributed by atoms with E-state index in [-0.39, 0.29) is 27.4 Å². The average molecular weight is 522 g/mol. The van der Waals surface area contributed by atoms with Gasteiger partial charge in [-0.3, -0.25) is 4.79 Å². The fourth-order valence-corrected chi connectivity index (χ4v) is 4.07. The number of benzene rings is 2. The van der Waals surface area contributed by atoms with Gasteiger partial charge in [0, 0.05) is 11.2 Å². The normalized spacial score (nSPS) is 14.1. The van der Waals surface area contributed by atoms with Gasteiger partial charge in [-0.15, -0.1) is 0 Å². The second-order valence-corrected chi connectivity index (χ2v) is 10.9. The molecule has 13 heteroatoms. The summed E-state index contributed by atoms with van der Waals surface area (Å²) in [6, 6.07) is 7.80. The molecule has 2 aromatic carbocycles. The van der Waals surface area contributed by atoms with Crippen LogP contribution in [0.5, 0.6) is 0 Å². The molecular formula is C21H23ClF3N3O5S. The Kier molecular flexibility index (Phi) is 7.61. The summed E-state index contributed by atoms with van der Waals surface area (Å²) in [6.07, 6.45) is -5.23. The second kappa shape index (κ2) is 9.43. The van der Waals surface area contributed by atoms with Crippen LogP contribution in [0.1, 0.15) is 27.7 Å². The molecule has 3 amide bonds. The lowest BCUT2D eigenvalue weighted by Gasteiger charge is -2.25. The van der Waals surface area contributed by atoms with Gasteiger partial charge in [0.2, 0.25) is 15.4 Å². The Balaban J connectivity index is 2.22. The molecule has 0 bridgehead atoms. The molecule has 0 radical (unpaired) electrons. The van der Waals surface area contributed by atoms with Gasteiger partial charge >= 0.3 is 12.2 Å². The molecule has 8 nitrogen and oxygen atoms in total. The summed E-state index contributed by atoms with van der Waals surface area (Å²) in [6.45, 7) is 5.66. The topological polar surface area (TPSA) is 125 Å². The number of hydrogen-bond donors (Lipinski definition) is 4. The lowest BCUT2D eigenvalue weighted by molar-refractivity contribution is -0.242. The number of anilines is 2. The molecule has 34 heavy (non-hydrogen) atoms. The monoisotopic (exact) mass is 521 g/mol. The number of amides is 3. The van der Waals surface area contributed by atoms with Crippen LogP contribution >= 0.6 is 11.6 Å². The zero-order valence-corrected chi connectivity index (χ0v) is 20.1. The van der Waals surface area contributed by atoms with Crippen molar-refractivity contribution < 1.29 is 36.3 Å². The lowest BCUT2D eigenvalue weighted by atomic mass is 10.1. The highest BCUT2D eigenvalue weighted by molar-refractivity contribution is 7.91. The first-order valence-electron chi connectivity index (χ1n) is 9.69. The minimum atomic E-state index is -5.23. The maximum absolute atomic E-state index is 12.9. The third kappa shape index (κ3) is 6.39. The first-order valence-corrected chi connectivity index (χ1v) is 11.5. The van der Waals surface area contributed by atoms with Crippen LogP contribution in [0, 0.1) is 0 Å². The van der Waals surface area contributed by atoms with Crippen molar-refractivity contribution in [1.29, 1.82) is 0 Å². The molecule has 0 aromatic heterocycles. The van der Waals surface area contributed by atoms with E-state index >= 15 is 0 Å². The van der Waals surface area contributed by atoms with Gasteiger partial charge in [0.1, 0.15) is 0 Å². The summed E-state index contributed by atoms with van der Waals surface area (Å²) in [4.78, 5) is 23.3. The molecule has 0 aliphatic heterocycles. The zero-order valence-electron chi connectivity index (χ0n) is 18.5. The largest absolute Gasteiger partial charge is 0.426 e. The van der Waals surface area contributed by atoms with E-state index in [1.165, 1.54) is 24.3 Å². The fourth-order valence-electron chi connectivity index (χ4n) is 2.49. The quantitative estimate of drug-likeness (QED) is 0.466. The Morgan fingerprint density at radius 1 is 0.912 bits per heavy atom. The summed E-state index contributed by atoms with van der Waals surface area (Å²) in [5.74, 6) is -1.78. The number of halogens is 4. The van der Waals surface area contributed by atoms with E-state index in [4.69, 9.17) is 11.6 Å². The van der Waals surface area contributed by atoms with E-state index in [0.29, 0.717) is 5.69 Å². The lowest BCUT2D eigenvalue weighted by Crippen LogP contribution is -2.52. The van der Waals surface area contributed by atoms with E-state index in [1.54, 1.807) is 20.8 Å². The number of carbonyl (C=O) groups is 2. The van der Waals surface area contributed by atoms with Crippen molar-refractivity contribution >= 4 is 44.8 Å². The molecule has 0 fully saturated rings. The second-order valence-electron chi connectivity index (χ2n) is 8.52. The maximum Gasteiger partial charge on any atom is 0.426 e. The van der Waals surface area contributed by atoms with Gasteiger partial charge in [-0.2, -0.15) is 13.2 Å². The van der Waals surface area contributed by atoms with Crippen molar-refractivity contribution in [2.45, 2.75) is 54.8 Å². The Bertz CT molecular complexity index is 1190. The van der Waals surface area contributed by atoms with Gasteiger partial charge in [0.05, 0.1) is 20.5 Å². The molecular weight excluding hydrogens is 499 g/mol. The average Bonchev–Trinajstić information content (AvgIpc) is 2.67. The van der Waals surface area contributed by atoms with Gasteiger partial charge in [0.25, 0.3) is 5.91 Å². The van der Waals surface area contributed by atoms with E-state index in [9.17, 15) is 36.3 Å². The van der Waals surface area contributed by atoms with Crippen molar-refractivity contribution in [3.8, 4) is 0 Å². The van der Waals surface area contributed by atoms with Gasteiger partial charge in [-0.05, 0) is 70.2 Å². The Morgan fingerprint density at radius 2 is 1.44 bits per heavy atom. The first kappa shape index (κ1) is 27.4. The number of carbonyl (C=O) groups excluding carboxylic acids is 2. The van der Waals surface area contributed by atoms with Crippen LogP contribution in [0.4, 0.5) is 29.3 Å². The van der Waals surface area contributed by atoms with Crippen LogP contribution in [-0.2, 0) is 14.6 Å². The minimum absolute atomic E-state index is 0.137. The molecule has 1 atom stereocenters. The first-order chi connectivity index (χ1) is 15.3. The van der Waals surface area contributed by atoms with E-state index in [2.05, 4.69) is 10.6 Å². The number of hydrogen-bond acceptors (Lipinski definition) is 5. The Morgan fingerprint density at radius 3 is 1.91 bits per heavy atom. The molecule has 2 rings (SSSR count). The predicted molar refractivity (Wildman–Crippen MR) is 121 cm³/mol. The summed E-state index contributed by atoms with van der Waals surface area (Å²) in [5, 5.41) is 16.2. The third-order valence-corrected chi connectivity index (χ3v) is 6.48. The molecule has 0 saturated carbocycles. The van der Waals surface area contributed by atoms with E-state index < -0.39 is 39.1 Å². The number of urea groups is 1. The fraction of sp³-hybridized carbons (Fsp3) is 0.333. The zero-order chi connectivity index (χ0) is 26.1. The van der Waals surface area contributed by atoms with Crippen molar-refractivity contribution in [2.75, 3.05) is 10.6 Å². The highest BCUT2D eigenvalue weighted by Gasteiger charge is 2.55. The van der Waals surface area contributed by atoms with Crippen molar-refractivity contribution in [3.05, 3.63) is 47.5 Å². The molecule has 0 aliphatic carbocycles. The molecule has 4 N–H and O–H groups in total. The summed E-state index contributed by atoms with van der Waals surface area (Å²) >= 11 is 5.97. The van der Waals surface area contributed by atoms with Crippen LogP contribution in [0.2, 0.25) is 5.02 Å². The standard InChI is InChI=1S/C21H23ClF3N3O5S/c1-19(2,3)28-18(30)26-12-5-7-13(8-6-12)34(32,33)14-9-10-16(15(22)11-14)27-17(29)20(4,31)21(23,24)25/h5-11,31H,1-4H3,(H,27,29)(H2,26,28,30). The Labute approximate surface area is 199 Å². The highest BCUT2D eigenvalue weighted by atomic mass is 35.5. The van der Waals surface area contributed by atoms with Crippen LogP contribution in [-0.4, -0.2) is 42.8 Å². The van der Waals surface area contributed by atoms with Crippen molar-refractivity contribution in [3.63, 3.8) is 0 Å². The molecule has 0 spiro atoms. The van der Waals surface area contributed by atoms with Gasteiger partial charge < -0.3 is 21.1 Å². The summed E-state index contributed by atoms with van der Waals surface area (Å²) in [7, 11) is -4.09. The number of alkyl halides is 3. The summed E-state index contributed by atoms with van der Waals surface area (Å²) < 4.78 is 64.2. The molecule has 1 unspecified atom stereocenters. The Hall–Kier alpha value is -2.83. The minimum Gasteiger partial charge on any atom is -0.373 e. The molecule has 0 aliphatic rings. The molecule has 2 aromatic rings. The predicted octanol–water partition coefficient (Wildman–Crippen LogP) is 4.34. The van der Waals surface area contributed by atoms with Gasteiger partial charge in [0.15, 0.2) is 0 Å². The number of nitrogens with one attached hydrogen (secondary N) is 3. The van der Waals surface area contributed by atoms with Gasteiger partial charge in [-0.25, -0.2) is 13.2 Å². The molecule has 186 valence electrons. The van der Waals surface area contributed by atoms with Crippen LogP contribution in [0.15, 0.2) is 52.3 Å². The van der Waals surface area contributed by atoms with Crippen molar-refractivity contribution in [2.24, 2.45) is 0 Å². The van der Waals surface area contributed by atoms with E-state index in [1.807, 2.05) is 5.32 Å².